The number of fused-ring (bicyclic) bond motifs is 1. The minimum atomic E-state index is 0.0160. The molecule has 1 aromatic rings. The molecule has 130 valence electrons. The largest absolute Gasteiger partial charge is 0.376 e. The van der Waals surface area contributed by atoms with Crippen LogP contribution in [0.2, 0.25) is 0 Å². The topological polar surface area (TPSA) is 49.9 Å². The molecule has 5 nitrogen and oxygen atoms in total. The fourth-order valence-electron chi connectivity index (χ4n) is 3.51. The lowest BCUT2D eigenvalue weighted by Gasteiger charge is -2.30. The predicted octanol–water partition coefficient (Wildman–Crippen LogP) is 1.99. The Morgan fingerprint density at radius 3 is 2.79 bits per heavy atom. The summed E-state index contributed by atoms with van der Waals surface area (Å²) in [5.41, 5.74) is 2.57. The first kappa shape index (κ1) is 17.0. The number of carbonyl (C=O) groups is 2. The molecule has 0 aromatic heterocycles. The lowest BCUT2D eigenvalue weighted by molar-refractivity contribution is -0.134. The number of carbonyl (C=O) groups excluding carboxylic acids is 2. The van der Waals surface area contributed by atoms with Gasteiger partial charge in [0, 0.05) is 46.1 Å². The number of hydrogen-bond donors (Lipinski definition) is 0. The Morgan fingerprint density at radius 2 is 2.08 bits per heavy atom. The highest BCUT2D eigenvalue weighted by atomic mass is 16.5. The normalized spacial score (nSPS) is 19.9. The minimum Gasteiger partial charge on any atom is -0.376 e. The minimum absolute atomic E-state index is 0.0160. The van der Waals surface area contributed by atoms with Crippen molar-refractivity contribution in [3.05, 3.63) is 35.4 Å². The Hall–Kier alpha value is -1.88. The molecule has 0 radical (unpaired) electrons. The third-order valence-corrected chi connectivity index (χ3v) is 4.97. The van der Waals surface area contributed by atoms with Crippen LogP contribution in [-0.4, -0.2) is 54.0 Å². The van der Waals surface area contributed by atoms with Crippen LogP contribution in [0.5, 0.6) is 0 Å². The van der Waals surface area contributed by atoms with Crippen molar-refractivity contribution in [1.82, 2.24) is 9.80 Å². The average molecular weight is 330 g/mol. The van der Waals surface area contributed by atoms with Crippen LogP contribution in [0, 0.1) is 0 Å². The monoisotopic (exact) mass is 330 g/mol. The molecule has 1 aromatic carbocycles. The molecule has 0 saturated carbocycles. The van der Waals surface area contributed by atoms with E-state index in [2.05, 4.69) is 12.1 Å². The number of benzene rings is 1. The molecule has 2 aliphatic heterocycles. The number of nitrogens with zero attached hydrogens (tertiary/aromatic N) is 2. The summed E-state index contributed by atoms with van der Waals surface area (Å²) in [5, 5.41) is 0. The maximum Gasteiger partial charge on any atom is 0.224 e. The Labute approximate surface area is 143 Å². The molecule has 2 aliphatic rings. The smallest absolute Gasteiger partial charge is 0.224 e. The van der Waals surface area contributed by atoms with E-state index in [1.54, 1.807) is 11.8 Å². The van der Waals surface area contributed by atoms with Crippen LogP contribution in [0.25, 0.3) is 0 Å². The van der Waals surface area contributed by atoms with Gasteiger partial charge in [-0.3, -0.25) is 9.59 Å². The second-order valence-electron chi connectivity index (χ2n) is 6.68. The van der Waals surface area contributed by atoms with E-state index in [1.807, 2.05) is 17.0 Å². The van der Waals surface area contributed by atoms with E-state index < -0.39 is 0 Å². The highest BCUT2D eigenvalue weighted by molar-refractivity contribution is 5.78. The van der Waals surface area contributed by atoms with Crippen molar-refractivity contribution in [3.63, 3.8) is 0 Å². The highest BCUT2D eigenvalue weighted by Crippen LogP contribution is 2.19. The van der Waals surface area contributed by atoms with E-state index in [4.69, 9.17) is 4.74 Å². The molecule has 0 bridgehead atoms. The average Bonchev–Trinajstić information content (AvgIpc) is 3.10. The standard InChI is InChI=1S/C19H26N2O3/c1-15(22)20(14-18-7-4-12-24-18)11-9-19(23)21-10-8-16-5-2-3-6-17(16)13-21/h2-3,5-6,18H,4,7-14H2,1H3. The Kier molecular flexibility index (Phi) is 5.51. The van der Waals surface area contributed by atoms with Gasteiger partial charge in [-0.1, -0.05) is 24.3 Å². The number of ether oxygens (including phenoxy) is 1. The molecule has 1 fully saturated rings. The number of hydrogen-bond acceptors (Lipinski definition) is 3. The van der Waals surface area contributed by atoms with Gasteiger partial charge in [0.15, 0.2) is 0 Å². The zero-order chi connectivity index (χ0) is 16.9. The van der Waals surface area contributed by atoms with Gasteiger partial charge in [-0.15, -0.1) is 0 Å². The van der Waals surface area contributed by atoms with Crippen LogP contribution >= 0.6 is 0 Å². The molecular weight excluding hydrogens is 304 g/mol. The summed E-state index contributed by atoms with van der Waals surface area (Å²) < 4.78 is 5.61. The Balaban J connectivity index is 1.51. The summed E-state index contributed by atoms with van der Waals surface area (Å²) in [5.74, 6) is 0.144. The molecular formula is C19H26N2O3. The van der Waals surface area contributed by atoms with E-state index in [0.717, 1.165) is 32.4 Å². The summed E-state index contributed by atoms with van der Waals surface area (Å²) in [6, 6.07) is 8.29. The third-order valence-electron chi connectivity index (χ3n) is 4.97. The predicted molar refractivity (Wildman–Crippen MR) is 91.4 cm³/mol. The van der Waals surface area contributed by atoms with Gasteiger partial charge in [-0.05, 0) is 30.4 Å². The molecule has 5 heteroatoms. The van der Waals surface area contributed by atoms with Crippen molar-refractivity contribution in [1.29, 1.82) is 0 Å². The van der Waals surface area contributed by atoms with Crippen molar-refractivity contribution in [3.8, 4) is 0 Å². The second-order valence-corrected chi connectivity index (χ2v) is 6.68. The zero-order valence-electron chi connectivity index (χ0n) is 14.4. The first-order chi connectivity index (χ1) is 11.6. The van der Waals surface area contributed by atoms with Gasteiger partial charge in [0.05, 0.1) is 6.10 Å². The zero-order valence-corrected chi connectivity index (χ0v) is 14.4. The van der Waals surface area contributed by atoms with Crippen molar-refractivity contribution < 1.29 is 14.3 Å². The van der Waals surface area contributed by atoms with Gasteiger partial charge in [-0.25, -0.2) is 0 Å². The SMILES string of the molecule is CC(=O)N(CCC(=O)N1CCc2ccccc2C1)CC1CCCO1. The van der Waals surface area contributed by atoms with Gasteiger partial charge >= 0.3 is 0 Å². The molecule has 1 atom stereocenters. The van der Waals surface area contributed by atoms with Crippen LogP contribution in [0.1, 0.15) is 37.3 Å². The first-order valence-corrected chi connectivity index (χ1v) is 8.85. The first-order valence-electron chi connectivity index (χ1n) is 8.85. The molecule has 0 spiro atoms. The molecule has 2 heterocycles. The molecule has 2 amide bonds. The van der Waals surface area contributed by atoms with E-state index in [-0.39, 0.29) is 17.9 Å². The summed E-state index contributed by atoms with van der Waals surface area (Å²) in [4.78, 5) is 28.0. The quantitative estimate of drug-likeness (QED) is 0.829. The van der Waals surface area contributed by atoms with Crippen LogP contribution in [0.3, 0.4) is 0 Å². The maximum absolute atomic E-state index is 12.5. The van der Waals surface area contributed by atoms with Gasteiger partial charge in [-0.2, -0.15) is 0 Å². The van der Waals surface area contributed by atoms with Crippen LogP contribution in [-0.2, 0) is 27.3 Å². The van der Waals surface area contributed by atoms with Crippen molar-refractivity contribution >= 4 is 11.8 Å². The Bertz CT molecular complexity index is 596. The van der Waals surface area contributed by atoms with Crippen molar-refractivity contribution in [2.24, 2.45) is 0 Å². The van der Waals surface area contributed by atoms with Crippen LogP contribution in [0.4, 0.5) is 0 Å². The fourth-order valence-corrected chi connectivity index (χ4v) is 3.51. The van der Waals surface area contributed by atoms with Gasteiger partial charge in [0.25, 0.3) is 0 Å². The lowest BCUT2D eigenvalue weighted by Crippen LogP contribution is -2.41. The summed E-state index contributed by atoms with van der Waals surface area (Å²) in [6.07, 6.45) is 3.48. The third kappa shape index (κ3) is 4.15. The lowest BCUT2D eigenvalue weighted by atomic mass is 10.00. The van der Waals surface area contributed by atoms with Gasteiger partial charge in [0.1, 0.15) is 0 Å². The van der Waals surface area contributed by atoms with Gasteiger partial charge < -0.3 is 14.5 Å². The molecule has 1 unspecified atom stereocenters. The molecule has 0 N–H and O–H groups in total. The van der Waals surface area contributed by atoms with E-state index in [0.29, 0.717) is 26.1 Å². The van der Waals surface area contributed by atoms with E-state index in [1.165, 1.54) is 11.1 Å². The summed E-state index contributed by atoms with van der Waals surface area (Å²) >= 11 is 0. The number of rotatable bonds is 5. The van der Waals surface area contributed by atoms with Crippen molar-refractivity contribution in [2.75, 3.05) is 26.2 Å². The highest BCUT2D eigenvalue weighted by Gasteiger charge is 2.24. The molecule has 3 rings (SSSR count). The Morgan fingerprint density at radius 1 is 1.29 bits per heavy atom. The molecule has 1 saturated heterocycles. The molecule has 24 heavy (non-hydrogen) atoms. The van der Waals surface area contributed by atoms with Gasteiger partial charge in [0.2, 0.25) is 11.8 Å². The van der Waals surface area contributed by atoms with Crippen LogP contribution < -0.4 is 0 Å². The second kappa shape index (κ2) is 7.79. The van der Waals surface area contributed by atoms with Crippen molar-refractivity contribution in [2.45, 2.75) is 45.3 Å². The fraction of sp³-hybridized carbons (Fsp3) is 0.579. The van der Waals surface area contributed by atoms with E-state index >= 15 is 0 Å². The number of amides is 2. The summed E-state index contributed by atoms with van der Waals surface area (Å²) in [6.45, 7) is 4.87. The molecule has 0 aliphatic carbocycles. The van der Waals surface area contributed by atoms with E-state index in [9.17, 15) is 9.59 Å². The maximum atomic E-state index is 12.5. The van der Waals surface area contributed by atoms with Crippen LogP contribution in [0.15, 0.2) is 24.3 Å². The summed E-state index contributed by atoms with van der Waals surface area (Å²) in [7, 11) is 0.